The summed E-state index contributed by atoms with van der Waals surface area (Å²) in [6, 6.07) is 17.7. The van der Waals surface area contributed by atoms with Crippen LogP contribution in [-0.4, -0.2) is 27.5 Å². The molecule has 4 rings (SSSR count). The zero-order valence-electron chi connectivity index (χ0n) is 16.6. The van der Waals surface area contributed by atoms with Crippen molar-refractivity contribution in [3.8, 4) is 22.7 Å². The molecule has 6 nitrogen and oxygen atoms in total. The standard InChI is InChI=1S/C23H22N4O2S/c1-2-3-13-29-19-11-9-16(10-12-19)21-17(14-20-22(28)25-23(24)30-20)15-27(26-21)18-7-5-4-6-8-18/h4-12,14-15H,2-3,13H2,1H3,(H2,24,25,28)/b20-14-. The van der Waals surface area contributed by atoms with Crippen molar-refractivity contribution in [2.24, 2.45) is 0 Å². The highest BCUT2D eigenvalue weighted by molar-refractivity contribution is 8.18. The summed E-state index contributed by atoms with van der Waals surface area (Å²) in [7, 11) is 0. The van der Waals surface area contributed by atoms with Gasteiger partial charge >= 0.3 is 0 Å². The summed E-state index contributed by atoms with van der Waals surface area (Å²) >= 11 is 1.12. The SMILES string of the molecule is CCCCOc1ccc(-c2nn(-c3ccccc3)cc2/C=C2\SC(=N)NC2=O)cc1. The zero-order chi connectivity index (χ0) is 20.9. The van der Waals surface area contributed by atoms with Crippen LogP contribution in [-0.2, 0) is 4.79 Å². The molecule has 0 spiro atoms. The lowest BCUT2D eigenvalue weighted by molar-refractivity contribution is -0.115. The van der Waals surface area contributed by atoms with Crippen molar-refractivity contribution in [1.82, 2.24) is 15.1 Å². The number of hydrogen-bond acceptors (Lipinski definition) is 5. The van der Waals surface area contributed by atoms with Crippen LogP contribution in [0.2, 0.25) is 0 Å². The molecule has 0 saturated carbocycles. The zero-order valence-corrected chi connectivity index (χ0v) is 17.4. The number of thioether (sulfide) groups is 1. The first kappa shape index (κ1) is 20.0. The van der Waals surface area contributed by atoms with Gasteiger partial charge < -0.3 is 10.1 Å². The topological polar surface area (TPSA) is 80.0 Å². The van der Waals surface area contributed by atoms with Gasteiger partial charge in [-0.2, -0.15) is 5.10 Å². The molecule has 1 aliphatic rings. The van der Waals surface area contributed by atoms with E-state index in [1.165, 1.54) is 0 Å². The van der Waals surface area contributed by atoms with Crippen molar-refractivity contribution in [2.75, 3.05) is 6.61 Å². The number of aromatic nitrogens is 2. The molecule has 1 saturated heterocycles. The average molecular weight is 419 g/mol. The molecule has 0 radical (unpaired) electrons. The summed E-state index contributed by atoms with van der Waals surface area (Å²) in [5.41, 5.74) is 3.43. The Labute approximate surface area is 179 Å². The maximum atomic E-state index is 12.1. The molecule has 1 aliphatic heterocycles. The Morgan fingerprint density at radius 1 is 1.17 bits per heavy atom. The van der Waals surface area contributed by atoms with Crippen molar-refractivity contribution in [3.05, 3.63) is 71.3 Å². The first-order valence-electron chi connectivity index (χ1n) is 9.82. The number of hydrogen-bond donors (Lipinski definition) is 2. The molecule has 0 unspecified atom stereocenters. The fourth-order valence-electron chi connectivity index (χ4n) is 3.06. The number of amides is 1. The minimum atomic E-state index is -0.261. The first-order chi connectivity index (χ1) is 14.6. The van der Waals surface area contributed by atoms with Crippen LogP contribution in [0, 0.1) is 5.41 Å². The number of carbonyl (C=O) groups is 1. The molecular weight excluding hydrogens is 396 g/mol. The van der Waals surface area contributed by atoms with Crippen LogP contribution < -0.4 is 10.1 Å². The van der Waals surface area contributed by atoms with Gasteiger partial charge in [0, 0.05) is 17.3 Å². The molecule has 152 valence electrons. The van der Waals surface area contributed by atoms with Crippen LogP contribution in [0.25, 0.3) is 23.0 Å². The van der Waals surface area contributed by atoms with Gasteiger partial charge in [-0.05, 0) is 60.7 Å². The van der Waals surface area contributed by atoms with Crippen LogP contribution in [0.4, 0.5) is 0 Å². The third-order valence-corrected chi connectivity index (χ3v) is 5.44. The normalized spacial score (nSPS) is 14.9. The highest BCUT2D eigenvalue weighted by atomic mass is 32.2. The fraction of sp³-hybridized carbons (Fsp3) is 0.174. The molecular formula is C23H22N4O2S. The lowest BCUT2D eigenvalue weighted by Gasteiger charge is -2.06. The Morgan fingerprint density at radius 3 is 2.60 bits per heavy atom. The Balaban J connectivity index is 1.70. The minimum absolute atomic E-state index is 0.136. The first-order valence-corrected chi connectivity index (χ1v) is 10.6. The van der Waals surface area contributed by atoms with Crippen LogP contribution in [0.1, 0.15) is 25.3 Å². The lowest BCUT2D eigenvalue weighted by Crippen LogP contribution is -2.18. The van der Waals surface area contributed by atoms with E-state index in [9.17, 15) is 4.79 Å². The number of ether oxygens (including phenoxy) is 1. The third-order valence-electron chi connectivity index (χ3n) is 4.61. The van der Waals surface area contributed by atoms with E-state index in [1.54, 1.807) is 10.8 Å². The third kappa shape index (κ3) is 4.46. The summed E-state index contributed by atoms with van der Waals surface area (Å²) in [6.07, 6.45) is 5.81. The Bertz CT molecular complexity index is 1090. The van der Waals surface area contributed by atoms with E-state index in [0.717, 1.165) is 52.9 Å². The van der Waals surface area contributed by atoms with Gasteiger partial charge in [-0.1, -0.05) is 31.5 Å². The predicted octanol–water partition coefficient (Wildman–Crippen LogP) is 4.86. The van der Waals surface area contributed by atoms with Crippen molar-refractivity contribution >= 4 is 28.9 Å². The molecule has 0 atom stereocenters. The summed E-state index contributed by atoms with van der Waals surface area (Å²) < 4.78 is 7.56. The van der Waals surface area contributed by atoms with Crippen molar-refractivity contribution in [1.29, 1.82) is 5.41 Å². The monoisotopic (exact) mass is 418 g/mol. The van der Waals surface area contributed by atoms with E-state index < -0.39 is 0 Å². The van der Waals surface area contributed by atoms with Crippen LogP contribution >= 0.6 is 11.8 Å². The molecule has 2 heterocycles. The smallest absolute Gasteiger partial charge is 0.264 e. The number of para-hydroxylation sites is 1. The van der Waals surface area contributed by atoms with Gasteiger partial charge in [-0.25, -0.2) is 4.68 Å². The van der Waals surface area contributed by atoms with Crippen molar-refractivity contribution in [3.63, 3.8) is 0 Å². The second-order valence-corrected chi connectivity index (χ2v) is 7.89. The molecule has 1 fully saturated rings. The number of amidine groups is 1. The average Bonchev–Trinajstić information content (AvgIpc) is 3.32. The van der Waals surface area contributed by atoms with Crippen LogP contribution in [0.15, 0.2) is 65.7 Å². The van der Waals surface area contributed by atoms with E-state index in [0.29, 0.717) is 11.5 Å². The Kier molecular flexibility index (Phi) is 5.99. The van der Waals surface area contributed by atoms with Crippen molar-refractivity contribution < 1.29 is 9.53 Å². The Morgan fingerprint density at radius 2 is 1.93 bits per heavy atom. The molecule has 1 amide bonds. The van der Waals surface area contributed by atoms with E-state index in [2.05, 4.69) is 12.2 Å². The number of rotatable bonds is 7. The van der Waals surface area contributed by atoms with E-state index in [-0.39, 0.29) is 11.1 Å². The number of nitrogens with zero attached hydrogens (tertiary/aromatic N) is 2. The quantitative estimate of drug-likeness (QED) is 0.424. The van der Waals surface area contributed by atoms with Crippen LogP contribution in [0.3, 0.4) is 0 Å². The maximum absolute atomic E-state index is 12.1. The fourth-order valence-corrected chi connectivity index (χ4v) is 3.75. The summed E-state index contributed by atoms with van der Waals surface area (Å²) in [4.78, 5) is 12.6. The minimum Gasteiger partial charge on any atom is -0.494 e. The molecule has 2 N–H and O–H groups in total. The Hall–Kier alpha value is -3.32. The van der Waals surface area contributed by atoms with E-state index >= 15 is 0 Å². The van der Waals surface area contributed by atoms with Gasteiger partial charge in [-0.3, -0.25) is 10.2 Å². The molecule has 1 aromatic heterocycles. The van der Waals surface area contributed by atoms with Gasteiger partial charge in [0.15, 0.2) is 5.17 Å². The summed E-state index contributed by atoms with van der Waals surface area (Å²) in [6.45, 7) is 2.84. The highest BCUT2D eigenvalue weighted by Gasteiger charge is 2.23. The van der Waals surface area contributed by atoms with Gasteiger partial charge in [0.2, 0.25) is 0 Å². The molecule has 2 aromatic carbocycles. The van der Waals surface area contributed by atoms with E-state index in [1.807, 2.05) is 60.8 Å². The molecule has 30 heavy (non-hydrogen) atoms. The lowest BCUT2D eigenvalue weighted by atomic mass is 10.1. The van der Waals surface area contributed by atoms with Crippen LogP contribution in [0.5, 0.6) is 5.75 Å². The highest BCUT2D eigenvalue weighted by Crippen LogP contribution is 2.31. The molecule has 0 aliphatic carbocycles. The predicted molar refractivity (Wildman–Crippen MR) is 121 cm³/mol. The number of benzene rings is 2. The molecule has 3 aromatic rings. The molecule has 0 bridgehead atoms. The second kappa shape index (κ2) is 9.00. The second-order valence-electron chi connectivity index (χ2n) is 6.83. The van der Waals surface area contributed by atoms with Gasteiger partial charge in [0.1, 0.15) is 5.75 Å². The van der Waals surface area contributed by atoms with Crippen molar-refractivity contribution in [2.45, 2.75) is 19.8 Å². The molecule has 7 heteroatoms. The van der Waals surface area contributed by atoms with Gasteiger partial charge in [0.05, 0.1) is 22.9 Å². The number of nitrogens with one attached hydrogen (secondary N) is 2. The summed E-state index contributed by atoms with van der Waals surface area (Å²) in [5.74, 6) is 0.567. The maximum Gasteiger partial charge on any atom is 0.264 e. The van der Waals surface area contributed by atoms with Gasteiger partial charge in [0.25, 0.3) is 5.91 Å². The number of unbranched alkanes of at least 4 members (excludes halogenated alkanes) is 1. The van der Waals surface area contributed by atoms with Gasteiger partial charge in [-0.15, -0.1) is 0 Å². The number of carbonyl (C=O) groups excluding carboxylic acids is 1. The van der Waals surface area contributed by atoms with E-state index in [4.69, 9.17) is 15.2 Å². The summed E-state index contributed by atoms with van der Waals surface area (Å²) in [5, 5.41) is 15.1. The largest absolute Gasteiger partial charge is 0.494 e.